The number of carbonyl (C=O) groups excluding carboxylic acids is 1. The highest BCUT2D eigenvalue weighted by atomic mass is 32.2. The van der Waals surface area contributed by atoms with Crippen LogP contribution in [0.4, 0.5) is 0 Å². The van der Waals surface area contributed by atoms with Gasteiger partial charge in [-0.1, -0.05) is 0 Å². The number of rotatable bonds is 3. The number of aliphatic hydroxyl groups is 1. The largest absolute Gasteiger partial charge is 0.395 e. The highest BCUT2D eigenvalue weighted by Gasteiger charge is 2.29. The molecule has 1 N–H and O–H groups in total. The number of hydrogen-bond acceptors (Lipinski definition) is 4. The van der Waals surface area contributed by atoms with Crippen LogP contribution in [0.15, 0.2) is 11.4 Å². The summed E-state index contributed by atoms with van der Waals surface area (Å²) >= 11 is 3.44. The summed E-state index contributed by atoms with van der Waals surface area (Å²) in [5.41, 5.74) is 1.18. The van der Waals surface area contributed by atoms with Crippen molar-refractivity contribution in [3.63, 3.8) is 0 Å². The van der Waals surface area contributed by atoms with Crippen molar-refractivity contribution in [2.75, 3.05) is 26.0 Å². The van der Waals surface area contributed by atoms with Gasteiger partial charge in [0.15, 0.2) is 0 Å². The number of likely N-dealkylation sites (N-methyl/N-ethyl adjacent to an activating group) is 1. The minimum Gasteiger partial charge on any atom is -0.395 e. The molecule has 0 radical (unpaired) electrons. The van der Waals surface area contributed by atoms with E-state index in [1.165, 1.54) is 10.4 Å². The van der Waals surface area contributed by atoms with Crippen molar-refractivity contribution in [2.45, 2.75) is 11.7 Å². The van der Waals surface area contributed by atoms with Crippen molar-refractivity contribution in [1.29, 1.82) is 0 Å². The molecule has 1 atom stereocenters. The fourth-order valence-electron chi connectivity index (χ4n) is 1.81. The Labute approximate surface area is 103 Å². The Balaban J connectivity index is 2.15. The first-order valence-corrected chi connectivity index (χ1v) is 7.20. The van der Waals surface area contributed by atoms with Crippen LogP contribution >= 0.6 is 23.1 Å². The number of amides is 1. The molecule has 1 amide bonds. The van der Waals surface area contributed by atoms with Gasteiger partial charge >= 0.3 is 0 Å². The van der Waals surface area contributed by atoms with Crippen molar-refractivity contribution >= 4 is 29.0 Å². The molecule has 0 saturated heterocycles. The average Bonchev–Trinajstić information content (AvgIpc) is 2.76. The second kappa shape index (κ2) is 5.21. The normalized spacial score (nSPS) is 19.2. The van der Waals surface area contributed by atoms with Crippen LogP contribution in [0.2, 0.25) is 0 Å². The minimum absolute atomic E-state index is 0.0239. The van der Waals surface area contributed by atoms with E-state index in [1.807, 2.05) is 0 Å². The van der Waals surface area contributed by atoms with E-state index in [-0.39, 0.29) is 17.8 Å². The van der Waals surface area contributed by atoms with Gasteiger partial charge in [-0.25, -0.2) is 0 Å². The smallest absolute Gasteiger partial charge is 0.240 e. The fraction of sp³-hybridized carbons (Fsp3) is 0.545. The molecule has 5 heteroatoms. The molecule has 1 aliphatic heterocycles. The number of carbonyl (C=O) groups is 1. The number of nitrogens with zero attached hydrogens (tertiary/aromatic N) is 1. The van der Waals surface area contributed by atoms with E-state index in [9.17, 15) is 4.79 Å². The summed E-state index contributed by atoms with van der Waals surface area (Å²) in [4.78, 5) is 15.1. The zero-order valence-corrected chi connectivity index (χ0v) is 10.8. The second-order valence-electron chi connectivity index (χ2n) is 3.78. The molecule has 0 bridgehead atoms. The first kappa shape index (κ1) is 12.0. The molecule has 1 aliphatic rings. The molecule has 1 aromatic rings. The van der Waals surface area contributed by atoms with Crippen LogP contribution in [0, 0.1) is 0 Å². The standard InChI is InChI=1S/C11H15NO2S2/c1-12(4-5-13)11(14)10-8-2-6-15-9(8)3-7-16-10/h2,6,10,13H,3-5,7H2,1H3. The summed E-state index contributed by atoms with van der Waals surface area (Å²) < 4.78 is 0. The van der Waals surface area contributed by atoms with Crippen LogP contribution in [0.25, 0.3) is 0 Å². The van der Waals surface area contributed by atoms with Gasteiger partial charge in [-0.2, -0.15) is 0 Å². The molecule has 0 aliphatic carbocycles. The highest BCUT2D eigenvalue weighted by Crippen LogP contribution is 2.40. The monoisotopic (exact) mass is 257 g/mol. The zero-order chi connectivity index (χ0) is 11.5. The maximum atomic E-state index is 12.1. The molecule has 2 rings (SSSR count). The molecule has 1 unspecified atom stereocenters. The Bertz CT molecular complexity index is 378. The Kier molecular flexibility index (Phi) is 3.89. The highest BCUT2D eigenvalue weighted by molar-refractivity contribution is 8.00. The van der Waals surface area contributed by atoms with Crippen LogP contribution in [0.5, 0.6) is 0 Å². The SMILES string of the molecule is CN(CCO)C(=O)C1SCCc2sccc21. The number of thiophene rings is 1. The number of thioether (sulfide) groups is 1. The van der Waals surface area contributed by atoms with E-state index in [0.29, 0.717) is 6.54 Å². The predicted octanol–water partition coefficient (Wildman–Crippen LogP) is 1.53. The summed E-state index contributed by atoms with van der Waals surface area (Å²) in [6.07, 6.45) is 1.07. The third-order valence-electron chi connectivity index (χ3n) is 2.71. The lowest BCUT2D eigenvalue weighted by Crippen LogP contribution is -2.33. The van der Waals surface area contributed by atoms with E-state index in [2.05, 4.69) is 11.4 Å². The molecule has 1 aromatic heterocycles. The van der Waals surface area contributed by atoms with Gasteiger partial charge in [0.2, 0.25) is 5.91 Å². The molecular formula is C11H15NO2S2. The predicted molar refractivity (Wildman–Crippen MR) is 67.9 cm³/mol. The zero-order valence-electron chi connectivity index (χ0n) is 9.18. The van der Waals surface area contributed by atoms with E-state index in [1.54, 1.807) is 35.0 Å². The first-order valence-electron chi connectivity index (χ1n) is 5.27. The molecule has 0 saturated carbocycles. The molecule has 3 nitrogen and oxygen atoms in total. The van der Waals surface area contributed by atoms with Crippen molar-refractivity contribution in [3.05, 3.63) is 21.9 Å². The van der Waals surface area contributed by atoms with Gasteiger partial charge in [0.25, 0.3) is 0 Å². The summed E-state index contributed by atoms with van der Waals surface area (Å²) in [7, 11) is 1.75. The molecule has 0 spiro atoms. The Morgan fingerprint density at radius 2 is 2.50 bits per heavy atom. The number of fused-ring (bicyclic) bond motifs is 1. The summed E-state index contributed by atoms with van der Waals surface area (Å²) in [6, 6.07) is 2.06. The fourth-order valence-corrected chi connectivity index (χ4v) is 4.22. The number of aliphatic hydroxyl groups excluding tert-OH is 1. The van der Waals surface area contributed by atoms with Crippen molar-refractivity contribution in [3.8, 4) is 0 Å². The summed E-state index contributed by atoms with van der Waals surface area (Å²) in [6.45, 7) is 0.436. The lowest BCUT2D eigenvalue weighted by atomic mass is 10.1. The van der Waals surface area contributed by atoms with Crippen molar-refractivity contribution in [2.24, 2.45) is 0 Å². The first-order chi connectivity index (χ1) is 7.74. The molecule has 0 fully saturated rings. The average molecular weight is 257 g/mol. The lowest BCUT2D eigenvalue weighted by molar-refractivity contribution is -0.129. The van der Waals surface area contributed by atoms with E-state index < -0.39 is 0 Å². The van der Waals surface area contributed by atoms with E-state index >= 15 is 0 Å². The quantitative estimate of drug-likeness (QED) is 0.893. The Morgan fingerprint density at radius 1 is 1.69 bits per heavy atom. The minimum atomic E-state index is -0.0634. The molecule has 16 heavy (non-hydrogen) atoms. The molecule has 2 heterocycles. The van der Waals surface area contributed by atoms with Crippen LogP contribution < -0.4 is 0 Å². The van der Waals surface area contributed by atoms with Gasteiger partial charge in [-0.15, -0.1) is 23.1 Å². The van der Waals surface area contributed by atoms with Crippen molar-refractivity contribution < 1.29 is 9.90 Å². The van der Waals surface area contributed by atoms with Gasteiger partial charge in [-0.05, 0) is 29.2 Å². The van der Waals surface area contributed by atoms with Crippen LogP contribution in [-0.2, 0) is 11.2 Å². The van der Waals surface area contributed by atoms with E-state index in [4.69, 9.17) is 5.11 Å². The topological polar surface area (TPSA) is 40.5 Å². The van der Waals surface area contributed by atoms with Crippen LogP contribution in [0.1, 0.15) is 15.7 Å². The molecule has 0 aromatic carbocycles. The van der Waals surface area contributed by atoms with Crippen LogP contribution in [-0.4, -0.2) is 41.9 Å². The third kappa shape index (κ3) is 2.26. The Hall–Kier alpha value is -0.520. The lowest BCUT2D eigenvalue weighted by Gasteiger charge is -2.26. The van der Waals surface area contributed by atoms with Gasteiger partial charge < -0.3 is 10.0 Å². The van der Waals surface area contributed by atoms with Crippen LogP contribution in [0.3, 0.4) is 0 Å². The number of hydrogen-bond donors (Lipinski definition) is 1. The second-order valence-corrected chi connectivity index (χ2v) is 6.00. The van der Waals surface area contributed by atoms with Gasteiger partial charge in [0.1, 0.15) is 5.25 Å². The number of aryl methyl sites for hydroxylation is 1. The molecule has 88 valence electrons. The third-order valence-corrected chi connectivity index (χ3v) is 4.94. The molecular weight excluding hydrogens is 242 g/mol. The summed E-state index contributed by atoms with van der Waals surface area (Å²) in [5.74, 6) is 1.12. The maximum absolute atomic E-state index is 12.1. The summed E-state index contributed by atoms with van der Waals surface area (Å²) in [5, 5.41) is 10.8. The van der Waals surface area contributed by atoms with E-state index in [0.717, 1.165) is 12.2 Å². The van der Waals surface area contributed by atoms with Gasteiger partial charge in [-0.3, -0.25) is 4.79 Å². The van der Waals surface area contributed by atoms with Gasteiger partial charge in [0.05, 0.1) is 6.61 Å². The Morgan fingerprint density at radius 3 is 3.25 bits per heavy atom. The van der Waals surface area contributed by atoms with Crippen molar-refractivity contribution in [1.82, 2.24) is 4.90 Å². The van der Waals surface area contributed by atoms with Gasteiger partial charge in [0, 0.05) is 18.5 Å². The maximum Gasteiger partial charge on any atom is 0.240 e.